The maximum atomic E-state index is 13.8. The van der Waals surface area contributed by atoms with Crippen molar-refractivity contribution in [2.24, 2.45) is 0 Å². The molecule has 2 aromatic rings. The van der Waals surface area contributed by atoms with Crippen LogP contribution in [0.5, 0.6) is 0 Å². The Morgan fingerprint density at radius 3 is 1.56 bits per heavy atom. The summed E-state index contributed by atoms with van der Waals surface area (Å²) in [5.41, 5.74) is 3.79. The summed E-state index contributed by atoms with van der Waals surface area (Å²) in [6.07, 6.45) is 0. The van der Waals surface area contributed by atoms with Gasteiger partial charge in [0, 0.05) is 56.0 Å². The van der Waals surface area contributed by atoms with E-state index in [-0.39, 0.29) is 11.6 Å². The van der Waals surface area contributed by atoms with Gasteiger partial charge >= 0.3 is 0 Å². The molecule has 2 aromatic carbocycles. The van der Waals surface area contributed by atoms with Gasteiger partial charge in [-0.2, -0.15) is 0 Å². The van der Waals surface area contributed by atoms with Gasteiger partial charge in [0.05, 0.1) is 16.9 Å². The highest BCUT2D eigenvalue weighted by Gasteiger charge is 2.36. The van der Waals surface area contributed by atoms with Crippen molar-refractivity contribution in [1.82, 2.24) is 10.0 Å². The zero-order valence-electron chi connectivity index (χ0n) is 20.3. The first-order chi connectivity index (χ1) is 15.5. The molecular formula is C26H36N4O2. The standard InChI is InChI=1S/C26H36N4O2/c1-7-27(8-2)29(11-5)22-18-17-21-23(24(22)30(12-6)28(9-3)10-4)26(32)20-16-14-13-15-19(20)25(21)31/h13-18H,7-12H2,1-6H3. The summed E-state index contributed by atoms with van der Waals surface area (Å²) in [5.74, 6) is -0.155. The van der Waals surface area contributed by atoms with Crippen LogP contribution in [-0.4, -0.2) is 60.9 Å². The minimum atomic E-state index is -0.0792. The molecular weight excluding hydrogens is 400 g/mol. The molecule has 1 aliphatic rings. The Bertz CT molecular complexity index is 980. The Morgan fingerprint density at radius 2 is 1.06 bits per heavy atom. The number of ketones is 2. The van der Waals surface area contributed by atoms with Gasteiger partial charge in [-0.1, -0.05) is 52.0 Å². The molecule has 0 N–H and O–H groups in total. The van der Waals surface area contributed by atoms with Crippen molar-refractivity contribution in [1.29, 1.82) is 0 Å². The quantitative estimate of drug-likeness (QED) is 0.432. The van der Waals surface area contributed by atoms with E-state index in [1.807, 2.05) is 24.3 Å². The third-order valence-corrected chi connectivity index (χ3v) is 6.32. The van der Waals surface area contributed by atoms with Crippen molar-refractivity contribution in [2.45, 2.75) is 41.5 Å². The van der Waals surface area contributed by atoms with E-state index >= 15 is 0 Å². The Hall–Kier alpha value is -2.70. The van der Waals surface area contributed by atoms with Crippen LogP contribution >= 0.6 is 0 Å². The molecule has 0 saturated heterocycles. The van der Waals surface area contributed by atoms with E-state index in [2.05, 4.69) is 61.6 Å². The van der Waals surface area contributed by atoms with Crippen molar-refractivity contribution >= 4 is 22.9 Å². The molecule has 0 heterocycles. The molecule has 6 nitrogen and oxygen atoms in total. The fourth-order valence-corrected chi connectivity index (χ4v) is 4.78. The minimum Gasteiger partial charge on any atom is -0.304 e. The molecule has 0 fully saturated rings. The van der Waals surface area contributed by atoms with Crippen molar-refractivity contribution in [3.8, 4) is 0 Å². The van der Waals surface area contributed by atoms with Crippen LogP contribution in [0.15, 0.2) is 36.4 Å². The van der Waals surface area contributed by atoms with E-state index in [4.69, 9.17) is 0 Å². The third kappa shape index (κ3) is 3.93. The van der Waals surface area contributed by atoms with E-state index in [0.29, 0.717) is 28.8 Å². The number of hydrogen-bond donors (Lipinski definition) is 0. The number of benzene rings is 2. The first-order valence-electron chi connectivity index (χ1n) is 11.9. The van der Waals surface area contributed by atoms with Crippen LogP contribution < -0.4 is 10.0 Å². The van der Waals surface area contributed by atoms with Crippen molar-refractivity contribution < 1.29 is 9.59 Å². The lowest BCUT2D eigenvalue weighted by Gasteiger charge is -2.42. The first-order valence-corrected chi connectivity index (χ1v) is 11.9. The van der Waals surface area contributed by atoms with Gasteiger partial charge in [0.1, 0.15) is 0 Å². The minimum absolute atomic E-state index is 0.0757. The number of hydrazine groups is 2. The summed E-state index contributed by atoms with van der Waals surface area (Å²) in [4.78, 5) is 27.3. The number of carbonyl (C=O) groups excluding carboxylic acids is 2. The van der Waals surface area contributed by atoms with Crippen LogP contribution in [0.4, 0.5) is 11.4 Å². The summed E-state index contributed by atoms with van der Waals surface area (Å²) in [5, 5.41) is 8.91. The Labute approximate surface area is 192 Å². The highest BCUT2D eigenvalue weighted by molar-refractivity contribution is 6.30. The van der Waals surface area contributed by atoms with Gasteiger partial charge in [0.25, 0.3) is 0 Å². The van der Waals surface area contributed by atoms with Gasteiger partial charge < -0.3 is 10.0 Å². The molecule has 0 aromatic heterocycles. The van der Waals surface area contributed by atoms with Crippen molar-refractivity contribution in [3.05, 3.63) is 58.7 Å². The molecule has 6 heteroatoms. The van der Waals surface area contributed by atoms with E-state index < -0.39 is 0 Å². The number of fused-ring (bicyclic) bond motifs is 2. The summed E-state index contributed by atoms with van der Waals surface area (Å²) >= 11 is 0. The molecule has 0 radical (unpaired) electrons. The zero-order valence-corrected chi connectivity index (χ0v) is 20.3. The van der Waals surface area contributed by atoms with Gasteiger partial charge in [-0.25, -0.2) is 10.0 Å². The van der Waals surface area contributed by atoms with E-state index in [1.165, 1.54) is 0 Å². The Morgan fingerprint density at radius 1 is 0.562 bits per heavy atom. The average Bonchev–Trinajstić information content (AvgIpc) is 2.83. The monoisotopic (exact) mass is 436 g/mol. The molecule has 172 valence electrons. The number of hydrogen-bond acceptors (Lipinski definition) is 6. The molecule has 3 rings (SSSR count). The van der Waals surface area contributed by atoms with Gasteiger partial charge in [-0.15, -0.1) is 0 Å². The molecule has 0 spiro atoms. The number of rotatable bonds is 10. The predicted molar refractivity (Wildman–Crippen MR) is 132 cm³/mol. The van der Waals surface area contributed by atoms with Crippen LogP contribution in [0.1, 0.15) is 73.4 Å². The SMILES string of the molecule is CCN(CC)N(CC)c1ccc2c(c1N(CC)N(CC)CC)C(=O)c1ccccc1C2=O. The highest BCUT2D eigenvalue weighted by atomic mass is 16.1. The maximum Gasteiger partial charge on any atom is 0.196 e. The molecule has 0 aliphatic heterocycles. The van der Waals surface area contributed by atoms with Gasteiger partial charge in [0.2, 0.25) is 0 Å². The van der Waals surface area contributed by atoms with E-state index in [1.54, 1.807) is 12.1 Å². The zero-order chi connectivity index (χ0) is 23.4. The smallest absolute Gasteiger partial charge is 0.196 e. The van der Waals surface area contributed by atoms with E-state index in [0.717, 1.165) is 44.1 Å². The topological polar surface area (TPSA) is 47.1 Å². The fraction of sp³-hybridized carbons (Fsp3) is 0.462. The molecule has 1 aliphatic carbocycles. The third-order valence-electron chi connectivity index (χ3n) is 6.32. The fourth-order valence-electron chi connectivity index (χ4n) is 4.78. The lowest BCUT2D eigenvalue weighted by molar-refractivity contribution is 0.0978. The maximum absolute atomic E-state index is 13.8. The summed E-state index contributed by atoms with van der Waals surface area (Å²) in [7, 11) is 0. The Balaban J connectivity index is 2.36. The van der Waals surface area contributed by atoms with Crippen LogP contribution in [-0.2, 0) is 0 Å². The van der Waals surface area contributed by atoms with Crippen LogP contribution in [0.3, 0.4) is 0 Å². The molecule has 0 saturated carbocycles. The van der Waals surface area contributed by atoms with E-state index in [9.17, 15) is 9.59 Å². The summed E-state index contributed by atoms with van der Waals surface area (Å²) in [6.45, 7) is 17.5. The normalized spacial score (nSPS) is 12.9. The molecule has 0 unspecified atom stereocenters. The van der Waals surface area contributed by atoms with Crippen LogP contribution in [0, 0.1) is 0 Å². The largest absolute Gasteiger partial charge is 0.304 e. The second kappa shape index (κ2) is 10.3. The van der Waals surface area contributed by atoms with Gasteiger partial charge in [-0.3, -0.25) is 9.59 Å². The average molecular weight is 437 g/mol. The Kier molecular flexibility index (Phi) is 7.69. The second-order valence-electron chi connectivity index (χ2n) is 7.77. The molecule has 0 amide bonds. The number of carbonyl (C=O) groups is 2. The van der Waals surface area contributed by atoms with Crippen LogP contribution in [0.2, 0.25) is 0 Å². The van der Waals surface area contributed by atoms with Crippen molar-refractivity contribution in [2.75, 3.05) is 49.3 Å². The number of nitrogens with zero attached hydrogens (tertiary/aromatic N) is 4. The molecule has 0 atom stereocenters. The summed E-state index contributed by atoms with van der Waals surface area (Å²) < 4.78 is 0. The van der Waals surface area contributed by atoms with Gasteiger partial charge in [-0.05, 0) is 26.0 Å². The lowest BCUT2D eigenvalue weighted by Crippen LogP contribution is -2.47. The molecule has 0 bridgehead atoms. The first kappa shape index (κ1) is 24.0. The predicted octanol–water partition coefficient (Wildman–Crippen LogP) is 4.63. The highest BCUT2D eigenvalue weighted by Crippen LogP contribution is 2.41. The van der Waals surface area contributed by atoms with Crippen molar-refractivity contribution in [3.63, 3.8) is 0 Å². The lowest BCUT2D eigenvalue weighted by atomic mass is 9.82. The second-order valence-corrected chi connectivity index (χ2v) is 7.77. The van der Waals surface area contributed by atoms with Crippen LogP contribution in [0.25, 0.3) is 0 Å². The summed E-state index contributed by atoms with van der Waals surface area (Å²) in [6, 6.07) is 11.0. The van der Waals surface area contributed by atoms with Gasteiger partial charge in [0.15, 0.2) is 11.6 Å². The number of anilines is 2. The molecule has 32 heavy (non-hydrogen) atoms.